The zero-order valence-corrected chi connectivity index (χ0v) is 15.1. The number of rotatable bonds is 5. The Morgan fingerprint density at radius 2 is 1.58 bits per heavy atom. The monoisotopic (exact) mass is 342 g/mol. The highest BCUT2D eigenvalue weighted by atomic mass is 16.5. The Morgan fingerprint density at radius 1 is 0.885 bits per heavy atom. The van der Waals surface area contributed by atoms with Gasteiger partial charge in [-0.15, -0.1) is 0 Å². The molecule has 0 aliphatic heterocycles. The fraction of sp³-hybridized carbons (Fsp3) is 0.174. The van der Waals surface area contributed by atoms with Crippen molar-refractivity contribution in [2.45, 2.75) is 26.5 Å². The fourth-order valence-electron chi connectivity index (χ4n) is 3.29. The molecule has 0 saturated heterocycles. The second-order valence-corrected chi connectivity index (χ2v) is 6.58. The molecule has 0 bridgehead atoms. The van der Waals surface area contributed by atoms with Gasteiger partial charge in [-0.25, -0.2) is 4.98 Å². The van der Waals surface area contributed by atoms with Gasteiger partial charge < -0.3 is 9.30 Å². The van der Waals surface area contributed by atoms with E-state index >= 15 is 0 Å². The summed E-state index contributed by atoms with van der Waals surface area (Å²) in [4.78, 5) is 4.83. The molecular weight excluding hydrogens is 320 g/mol. The molecule has 1 atom stereocenters. The standard InChI is InChI=1S/C23H22N2O/c1-17-12-14-20(15-13-17)26-16-23-24-21-10-6-7-11-22(21)25(23)18(2)19-8-4-3-5-9-19/h3-15,18H,16H2,1-2H3. The van der Waals surface area contributed by atoms with E-state index in [9.17, 15) is 0 Å². The summed E-state index contributed by atoms with van der Waals surface area (Å²) in [7, 11) is 0. The topological polar surface area (TPSA) is 27.1 Å². The van der Waals surface area contributed by atoms with E-state index in [0.29, 0.717) is 6.61 Å². The maximum atomic E-state index is 6.02. The van der Waals surface area contributed by atoms with Crippen molar-refractivity contribution in [3.63, 3.8) is 0 Å². The van der Waals surface area contributed by atoms with Gasteiger partial charge in [0, 0.05) is 0 Å². The molecule has 0 fully saturated rings. The van der Waals surface area contributed by atoms with E-state index in [1.54, 1.807) is 0 Å². The summed E-state index contributed by atoms with van der Waals surface area (Å²) >= 11 is 0. The number of fused-ring (bicyclic) bond motifs is 1. The molecular formula is C23H22N2O. The zero-order chi connectivity index (χ0) is 17.9. The number of benzene rings is 3. The van der Waals surface area contributed by atoms with Crippen LogP contribution in [0.4, 0.5) is 0 Å². The largest absolute Gasteiger partial charge is 0.486 e. The summed E-state index contributed by atoms with van der Waals surface area (Å²) in [5.41, 5.74) is 4.61. The summed E-state index contributed by atoms with van der Waals surface area (Å²) in [6.07, 6.45) is 0. The average molecular weight is 342 g/mol. The molecule has 0 amide bonds. The van der Waals surface area contributed by atoms with Crippen LogP contribution in [-0.4, -0.2) is 9.55 Å². The van der Waals surface area contributed by atoms with Gasteiger partial charge in [0.15, 0.2) is 0 Å². The van der Waals surface area contributed by atoms with Gasteiger partial charge in [0.2, 0.25) is 0 Å². The van der Waals surface area contributed by atoms with Gasteiger partial charge in [0.05, 0.1) is 17.1 Å². The minimum absolute atomic E-state index is 0.181. The van der Waals surface area contributed by atoms with Crippen molar-refractivity contribution in [3.8, 4) is 5.75 Å². The van der Waals surface area contributed by atoms with Gasteiger partial charge in [-0.3, -0.25) is 0 Å². The van der Waals surface area contributed by atoms with Crippen LogP contribution in [0.1, 0.15) is 29.9 Å². The van der Waals surface area contributed by atoms with Crippen LogP contribution in [0.15, 0.2) is 78.9 Å². The molecule has 26 heavy (non-hydrogen) atoms. The van der Waals surface area contributed by atoms with Crippen LogP contribution >= 0.6 is 0 Å². The van der Waals surface area contributed by atoms with Gasteiger partial charge in [-0.05, 0) is 43.7 Å². The molecule has 0 aliphatic rings. The number of aryl methyl sites for hydroxylation is 1. The Morgan fingerprint density at radius 3 is 2.35 bits per heavy atom. The number of hydrogen-bond donors (Lipinski definition) is 0. The van der Waals surface area contributed by atoms with Crippen molar-refractivity contribution in [1.82, 2.24) is 9.55 Å². The Labute approximate surface area is 153 Å². The van der Waals surface area contributed by atoms with Crippen molar-refractivity contribution in [2.75, 3.05) is 0 Å². The lowest BCUT2D eigenvalue weighted by Crippen LogP contribution is -2.12. The van der Waals surface area contributed by atoms with E-state index in [4.69, 9.17) is 9.72 Å². The molecule has 3 aromatic carbocycles. The van der Waals surface area contributed by atoms with Crippen molar-refractivity contribution >= 4 is 11.0 Å². The van der Waals surface area contributed by atoms with Crippen molar-refractivity contribution in [3.05, 3.63) is 95.8 Å². The van der Waals surface area contributed by atoms with E-state index in [1.165, 1.54) is 11.1 Å². The van der Waals surface area contributed by atoms with E-state index in [-0.39, 0.29) is 6.04 Å². The van der Waals surface area contributed by atoms with Gasteiger partial charge in [0.1, 0.15) is 18.2 Å². The third kappa shape index (κ3) is 3.21. The average Bonchev–Trinajstić information content (AvgIpc) is 3.06. The maximum absolute atomic E-state index is 6.02. The van der Waals surface area contributed by atoms with Crippen LogP contribution in [-0.2, 0) is 6.61 Å². The first-order chi connectivity index (χ1) is 12.7. The van der Waals surface area contributed by atoms with E-state index < -0.39 is 0 Å². The first-order valence-corrected chi connectivity index (χ1v) is 8.92. The predicted molar refractivity (Wildman–Crippen MR) is 105 cm³/mol. The highest BCUT2D eigenvalue weighted by Gasteiger charge is 2.17. The van der Waals surface area contributed by atoms with Crippen LogP contribution in [0, 0.1) is 6.92 Å². The first-order valence-electron chi connectivity index (χ1n) is 8.92. The molecule has 0 saturated carbocycles. The molecule has 0 radical (unpaired) electrons. The molecule has 4 aromatic rings. The molecule has 0 aliphatic carbocycles. The molecule has 0 N–H and O–H groups in total. The third-order valence-electron chi connectivity index (χ3n) is 4.73. The molecule has 3 heteroatoms. The number of imidazole rings is 1. The smallest absolute Gasteiger partial charge is 0.148 e. The van der Waals surface area contributed by atoms with Crippen LogP contribution in [0.2, 0.25) is 0 Å². The highest BCUT2D eigenvalue weighted by Crippen LogP contribution is 2.26. The summed E-state index contributed by atoms with van der Waals surface area (Å²) in [5.74, 6) is 1.80. The summed E-state index contributed by atoms with van der Waals surface area (Å²) < 4.78 is 8.30. The van der Waals surface area contributed by atoms with Crippen molar-refractivity contribution in [2.24, 2.45) is 0 Å². The SMILES string of the molecule is Cc1ccc(OCc2nc3ccccc3n2C(C)c2ccccc2)cc1. The summed E-state index contributed by atoms with van der Waals surface area (Å²) in [6, 6.07) is 27.1. The second kappa shape index (κ2) is 7.04. The van der Waals surface area contributed by atoms with Crippen molar-refractivity contribution < 1.29 is 4.74 Å². The molecule has 130 valence electrons. The predicted octanol–water partition coefficient (Wildman–Crippen LogP) is 5.53. The summed E-state index contributed by atoms with van der Waals surface area (Å²) in [5, 5.41) is 0. The summed E-state index contributed by atoms with van der Waals surface area (Å²) in [6.45, 7) is 4.72. The van der Waals surface area contributed by atoms with E-state index in [1.807, 2.05) is 24.3 Å². The van der Waals surface area contributed by atoms with Gasteiger partial charge in [-0.1, -0.05) is 60.2 Å². The quantitative estimate of drug-likeness (QED) is 0.476. The molecule has 1 aromatic heterocycles. The van der Waals surface area contributed by atoms with Gasteiger partial charge in [-0.2, -0.15) is 0 Å². The lowest BCUT2D eigenvalue weighted by molar-refractivity contribution is 0.288. The van der Waals surface area contributed by atoms with Crippen LogP contribution in [0.5, 0.6) is 5.75 Å². The number of ether oxygens (including phenoxy) is 1. The Hall–Kier alpha value is -3.07. The minimum Gasteiger partial charge on any atom is -0.486 e. The van der Waals surface area contributed by atoms with E-state index in [2.05, 4.69) is 73.0 Å². The molecule has 4 rings (SSSR count). The van der Waals surface area contributed by atoms with Crippen LogP contribution in [0.25, 0.3) is 11.0 Å². The number of para-hydroxylation sites is 2. The third-order valence-corrected chi connectivity index (χ3v) is 4.73. The van der Waals surface area contributed by atoms with Gasteiger partial charge >= 0.3 is 0 Å². The molecule has 1 heterocycles. The number of aromatic nitrogens is 2. The van der Waals surface area contributed by atoms with Crippen LogP contribution < -0.4 is 4.74 Å². The maximum Gasteiger partial charge on any atom is 0.148 e. The van der Waals surface area contributed by atoms with E-state index in [0.717, 1.165) is 22.6 Å². The number of nitrogens with zero attached hydrogens (tertiary/aromatic N) is 2. The highest BCUT2D eigenvalue weighted by molar-refractivity contribution is 5.76. The lowest BCUT2D eigenvalue weighted by atomic mass is 10.1. The normalized spacial score (nSPS) is 12.2. The molecule has 0 spiro atoms. The fourth-order valence-corrected chi connectivity index (χ4v) is 3.29. The van der Waals surface area contributed by atoms with Crippen molar-refractivity contribution in [1.29, 1.82) is 0 Å². The van der Waals surface area contributed by atoms with Gasteiger partial charge in [0.25, 0.3) is 0 Å². The van der Waals surface area contributed by atoms with Crippen LogP contribution in [0.3, 0.4) is 0 Å². The lowest BCUT2D eigenvalue weighted by Gasteiger charge is -2.18. The second-order valence-electron chi connectivity index (χ2n) is 6.58. The Kier molecular flexibility index (Phi) is 4.44. The number of hydrogen-bond acceptors (Lipinski definition) is 2. The Bertz CT molecular complexity index is 1000. The molecule has 1 unspecified atom stereocenters. The Balaban J connectivity index is 1.70. The molecule has 3 nitrogen and oxygen atoms in total. The minimum atomic E-state index is 0.181. The zero-order valence-electron chi connectivity index (χ0n) is 15.1. The first kappa shape index (κ1) is 16.4.